The van der Waals surface area contributed by atoms with Crippen molar-refractivity contribution in [1.82, 2.24) is 0 Å². The zero-order valence-electron chi connectivity index (χ0n) is 18.7. The molecule has 1 fully saturated rings. The summed E-state index contributed by atoms with van der Waals surface area (Å²) in [4.78, 5) is 28.2. The summed E-state index contributed by atoms with van der Waals surface area (Å²) in [5, 5.41) is 13.2. The number of aryl methyl sites for hydroxylation is 1. The predicted octanol–water partition coefficient (Wildman–Crippen LogP) is 6.02. The van der Waals surface area contributed by atoms with E-state index in [1.807, 2.05) is 68.4 Å². The Labute approximate surface area is 208 Å². The molecule has 0 saturated carbocycles. The first kappa shape index (κ1) is 23.6. The second kappa shape index (κ2) is 10.2. The van der Waals surface area contributed by atoms with Crippen molar-refractivity contribution in [2.75, 3.05) is 10.2 Å². The summed E-state index contributed by atoms with van der Waals surface area (Å²) in [5.41, 5.74) is 3.91. The van der Waals surface area contributed by atoms with Crippen molar-refractivity contribution >= 4 is 46.6 Å². The lowest BCUT2D eigenvalue weighted by Crippen LogP contribution is -2.31. The largest absolute Gasteiger partial charge is 0.321 e. The molecule has 1 saturated heterocycles. The van der Waals surface area contributed by atoms with Gasteiger partial charge in [0, 0.05) is 16.4 Å². The number of nitrogens with zero attached hydrogens (tertiary/aromatic N) is 2. The molecule has 0 spiro atoms. The van der Waals surface area contributed by atoms with Crippen molar-refractivity contribution in [3.63, 3.8) is 0 Å². The van der Waals surface area contributed by atoms with Crippen molar-refractivity contribution in [3.8, 4) is 6.07 Å². The van der Waals surface area contributed by atoms with Crippen molar-refractivity contribution < 1.29 is 9.59 Å². The van der Waals surface area contributed by atoms with Crippen molar-refractivity contribution in [2.24, 2.45) is 0 Å². The first-order valence-electron chi connectivity index (χ1n) is 10.7. The van der Waals surface area contributed by atoms with Crippen molar-refractivity contribution in [3.05, 3.63) is 105 Å². The van der Waals surface area contributed by atoms with E-state index in [9.17, 15) is 14.9 Å². The second-order valence-electron chi connectivity index (χ2n) is 7.90. The number of para-hydroxylation sites is 1. The minimum atomic E-state index is -0.550. The molecule has 7 heteroatoms. The van der Waals surface area contributed by atoms with Crippen LogP contribution in [0.1, 0.15) is 16.7 Å². The molecule has 0 aliphatic carbocycles. The molecule has 0 radical (unpaired) electrons. The van der Waals surface area contributed by atoms with Gasteiger partial charge in [0.25, 0.3) is 5.91 Å². The Bertz CT molecular complexity index is 1330. The smallest absolute Gasteiger partial charge is 0.269 e. The fraction of sp³-hybridized carbons (Fsp3) is 0.148. The van der Waals surface area contributed by atoms with E-state index in [1.54, 1.807) is 24.3 Å². The molecule has 170 valence electrons. The Morgan fingerprint density at radius 3 is 2.47 bits per heavy atom. The van der Waals surface area contributed by atoms with E-state index in [1.165, 1.54) is 16.7 Å². The highest BCUT2D eigenvalue weighted by Gasteiger charge is 2.41. The van der Waals surface area contributed by atoms with Gasteiger partial charge in [0.2, 0.25) is 5.91 Å². The molecule has 0 bridgehead atoms. The van der Waals surface area contributed by atoms with E-state index < -0.39 is 11.2 Å². The Morgan fingerprint density at radius 1 is 1.06 bits per heavy atom. The number of benzene rings is 3. The molecule has 5 nitrogen and oxygen atoms in total. The van der Waals surface area contributed by atoms with Gasteiger partial charge in [-0.3, -0.25) is 14.5 Å². The van der Waals surface area contributed by atoms with Crippen LogP contribution in [-0.2, 0) is 16.0 Å². The minimum Gasteiger partial charge on any atom is -0.321 e. The van der Waals surface area contributed by atoms with Crippen LogP contribution in [0.3, 0.4) is 0 Å². The predicted molar refractivity (Wildman–Crippen MR) is 138 cm³/mol. The van der Waals surface area contributed by atoms with Crippen LogP contribution < -0.4 is 10.2 Å². The number of nitrogens with one attached hydrogen (secondary N) is 1. The highest BCUT2D eigenvalue weighted by Crippen LogP contribution is 2.42. The number of halogens is 1. The third-order valence-corrected chi connectivity index (χ3v) is 7.37. The van der Waals surface area contributed by atoms with Crippen molar-refractivity contribution in [2.45, 2.75) is 25.5 Å². The fourth-order valence-corrected chi connectivity index (χ4v) is 5.24. The van der Waals surface area contributed by atoms with Crippen LogP contribution in [0.25, 0.3) is 0 Å². The van der Waals surface area contributed by atoms with Crippen LogP contribution in [0.15, 0.2) is 83.4 Å². The topological polar surface area (TPSA) is 73.2 Å². The van der Waals surface area contributed by atoms with Gasteiger partial charge < -0.3 is 5.32 Å². The molecule has 1 unspecified atom stereocenters. The maximum absolute atomic E-state index is 13.5. The zero-order chi connectivity index (χ0) is 24.2. The molecular weight excluding hydrogens is 466 g/mol. The van der Waals surface area contributed by atoms with E-state index in [0.29, 0.717) is 27.8 Å². The van der Waals surface area contributed by atoms with Gasteiger partial charge in [-0.15, -0.1) is 0 Å². The average Bonchev–Trinajstić information content (AvgIpc) is 3.15. The number of rotatable bonds is 5. The molecule has 3 aromatic rings. The van der Waals surface area contributed by atoms with E-state index in [2.05, 4.69) is 5.32 Å². The number of anilines is 2. The summed E-state index contributed by atoms with van der Waals surface area (Å²) in [5.74, 6) is -0.746. The minimum absolute atomic E-state index is 0.107. The van der Waals surface area contributed by atoms with Gasteiger partial charge >= 0.3 is 0 Å². The molecule has 4 rings (SSSR count). The molecule has 1 atom stereocenters. The first-order valence-corrected chi connectivity index (χ1v) is 12.0. The molecule has 0 aromatic heterocycles. The van der Waals surface area contributed by atoms with Gasteiger partial charge in [-0.1, -0.05) is 71.9 Å². The van der Waals surface area contributed by atoms with Crippen LogP contribution in [-0.4, -0.2) is 17.1 Å². The van der Waals surface area contributed by atoms with Gasteiger partial charge in [0.05, 0.1) is 5.25 Å². The lowest BCUT2D eigenvalue weighted by atomic mass is 10.1. The average molecular weight is 488 g/mol. The maximum atomic E-state index is 13.5. The Morgan fingerprint density at radius 2 is 1.76 bits per heavy atom. The third kappa shape index (κ3) is 4.72. The Balaban J connectivity index is 1.74. The summed E-state index contributed by atoms with van der Waals surface area (Å²) >= 11 is 7.55. The van der Waals surface area contributed by atoms with Gasteiger partial charge in [0.1, 0.15) is 16.7 Å². The molecular formula is C27H22ClN3O2S. The van der Waals surface area contributed by atoms with Crippen LogP contribution in [0.5, 0.6) is 0 Å². The standard InChI is InChI=1S/C27H22ClN3O2S/c1-17-9-8-14-23(18(17)2)30-25(32)21(16-29)27-31(20-11-4-3-5-12-20)26(33)24(34-27)15-19-10-6-7-13-22(19)28/h3-14,24H,15H2,1-2H3,(H,30,32)/b27-21-. The molecule has 34 heavy (non-hydrogen) atoms. The highest BCUT2D eigenvalue weighted by atomic mass is 35.5. The molecule has 1 aliphatic rings. The molecule has 1 N–H and O–H groups in total. The Kier molecular flexibility index (Phi) is 7.06. The van der Waals surface area contributed by atoms with E-state index in [4.69, 9.17) is 11.6 Å². The molecule has 1 aliphatic heterocycles. The quantitative estimate of drug-likeness (QED) is 0.352. The second-order valence-corrected chi connectivity index (χ2v) is 9.50. The van der Waals surface area contributed by atoms with Gasteiger partial charge in [0.15, 0.2) is 0 Å². The zero-order valence-corrected chi connectivity index (χ0v) is 20.3. The van der Waals surface area contributed by atoms with Gasteiger partial charge in [-0.05, 0) is 61.2 Å². The molecule has 2 amide bonds. The number of carbonyl (C=O) groups excluding carboxylic acids is 2. The highest BCUT2D eigenvalue weighted by molar-refractivity contribution is 8.05. The lowest BCUT2D eigenvalue weighted by molar-refractivity contribution is -0.117. The summed E-state index contributed by atoms with van der Waals surface area (Å²) in [6.07, 6.45) is 0.382. The summed E-state index contributed by atoms with van der Waals surface area (Å²) in [7, 11) is 0. The number of thioether (sulfide) groups is 1. The third-order valence-electron chi connectivity index (χ3n) is 5.74. The monoisotopic (exact) mass is 487 g/mol. The van der Waals surface area contributed by atoms with Crippen molar-refractivity contribution in [1.29, 1.82) is 5.26 Å². The normalized spacial score (nSPS) is 16.8. The van der Waals surface area contributed by atoms with Gasteiger partial charge in [-0.2, -0.15) is 5.26 Å². The summed E-state index contributed by atoms with van der Waals surface area (Å²) in [6, 6.07) is 24.1. The number of carbonyl (C=O) groups is 2. The lowest BCUT2D eigenvalue weighted by Gasteiger charge is -2.19. The van der Waals surface area contributed by atoms with E-state index in [0.717, 1.165) is 16.7 Å². The van der Waals surface area contributed by atoms with Crippen LogP contribution in [0.2, 0.25) is 5.02 Å². The number of hydrogen-bond donors (Lipinski definition) is 1. The maximum Gasteiger partial charge on any atom is 0.269 e. The first-order chi connectivity index (χ1) is 16.4. The van der Waals surface area contributed by atoms with Crippen LogP contribution in [0, 0.1) is 25.2 Å². The van der Waals surface area contributed by atoms with Crippen LogP contribution >= 0.6 is 23.4 Å². The summed E-state index contributed by atoms with van der Waals surface area (Å²) < 4.78 is 0. The fourth-order valence-electron chi connectivity index (χ4n) is 3.73. The van der Waals surface area contributed by atoms with E-state index in [-0.39, 0.29) is 11.5 Å². The van der Waals surface area contributed by atoms with Crippen LogP contribution in [0.4, 0.5) is 11.4 Å². The van der Waals surface area contributed by atoms with E-state index >= 15 is 0 Å². The summed E-state index contributed by atoms with van der Waals surface area (Å²) in [6.45, 7) is 3.87. The molecule has 3 aromatic carbocycles. The Hall–Kier alpha value is -3.53. The number of amides is 2. The number of nitriles is 1. The molecule has 1 heterocycles. The SMILES string of the molecule is Cc1cccc(NC(=O)/C(C#N)=C2\SC(Cc3ccccc3Cl)C(=O)N2c2ccccc2)c1C. The number of hydrogen-bond acceptors (Lipinski definition) is 4. The van der Waals surface area contributed by atoms with Gasteiger partial charge in [-0.25, -0.2) is 0 Å².